The van der Waals surface area contributed by atoms with Crippen molar-refractivity contribution in [1.29, 1.82) is 0 Å². The second-order valence-electron chi connectivity index (χ2n) is 6.13. The van der Waals surface area contributed by atoms with Gasteiger partial charge in [-0.1, -0.05) is 11.6 Å². The molecule has 1 heterocycles. The molecule has 0 saturated carbocycles. The lowest BCUT2D eigenvalue weighted by Gasteiger charge is -2.24. The minimum atomic E-state index is -0.605. The fourth-order valence-corrected chi connectivity index (χ4v) is 3.13. The molecule has 2 N–H and O–H groups in total. The second kappa shape index (κ2) is 8.26. The van der Waals surface area contributed by atoms with E-state index in [1.807, 2.05) is 0 Å². The van der Waals surface area contributed by atoms with Crippen LogP contribution >= 0.6 is 11.6 Å². The number of methoxy groups -OCH3 is 1. The van der Waals surface area contributed by atoms with Gasteiger partial charge in [0.1, 0.15) is 17.6 Å². The Morgan fingerprint density at radius 2 is 1.85 bits per heavy atom. The zero-order valence-corrected chi connectivity index (χ0v) is 15.4. The Kier molecular flexibility index (Phi) is 5.81. The summed E-state index contributed by atoms with van der Waals surface area (Å²) >= 11 is 5.74. The van der Waals surface area contributed by atoms with E-state index < -0.39 is 11.9 Å². The highest BCUT2D eigenvalue weighted by Gasteiger charge is 2.34. The fourth-order valence-electron chi connectivity index (χ4n) is 2.95. The van der Waals surface area contributed by atoms with Crippen LogP contribution in [0.25, 0.3) is 0 Å². The lowest BCUT2D eigenvalue weighted by Crippen LogP contribution is -2.45. The highest BCUT2D eigenvalue weighted by Crippen LogP contribution is 2.23. The van der Waals surface area contributed by atoms with Gasteiger partial charge in [0.05, 0.1) is 12.1 Å². The van der Waals surface area contributed by atoms with Crippen LogP contribution in [0.4, 0.5) is 20.6 Å². The number of nitrogens with zero attached hydrogens (tertiary/aromatic N) is 1. The normalized spacial score (nSPS) is 16.1. The number of benzene rings is 2. The van der Waals surface area contributed by atoms with E-state index in [1.165, 1.54) is 23.1 Å². The van der Waals surface area contributed by atoms with Crippen LogP contribution in [0.5, 0.6) is 5.75 Å². The number of amides is 3. The molecule has 0 aliphatic carbocycles. The number of anilines is 2. The molecular weight excluding hydrogens is 373 g/mol. The molecule has 0 bridgehead atoms. The van der Waals surface area contributed by atoms with Crippen LogP contribution in [0, 0.1) is 5.82 Å². The van der Waals surface area contributed by atoms with Crippen molar-refractivity contribution in [3.05, 3.63) is 53.3 Å². The van der Waals surface area contributed by atoms with Crippen molar-refractivity contribution in [3.8, 4) is 5.75 Å². The molecule has 1 aliphatic heterocycles. The summed E-state index contributed by atoms with van der Waals surface area (Å²) in [5.74, 6) is -0.208. The fraction of sp³-hybridized carbons (Fsp3) is 0.263. The van der Waals surface area contributed by atoms with Gasteiger partial charge in [-0.3, -0.25) is 4.79 Å². The number of hydrogen-bond acceptors (Lipinski definition) is 3. The molecule has 2 aromatic carbocycles. The Balaban J connectivity index is 1.65. The van der Waals surface area contributed by atoms with Crippen LogP contribution in [0.3, 0.4) is 0 Å². The number of urea groups is 1. The number of rotatable bonds is 4. The number of carbonyl (C=O) groups is 2. The molecule has 0 aromatic heterocycles. The van der Waals surface area contributed by atoms with Gasteiger partial charge in [0, 0.05) is 17.9 Å². The van der Waals surface area contributed by atoms with Gasteiger partial charge in [-0.25, -0.2) is 9.18 Å². The zero-order valence-electron chi connectivity index (χ0n) is 14.7. The second-order valence-corrected chi connectivity index (χ2v) is 6.54. The van der Waals surface area contributed by atoms with E-state index in [1.54, 1.807) is 31.4 Å². The van der Waals surface area contributed by atoms with Crippen LogP contribution in [0.1, 0.15) is 12.8 Å². The number of likely N-dealkylation sites (tertiary alicyclic amines) is 1. The summed E-state index contributed by atoms with van der Waals surface area (Å²) in [5, 5.41) is 5.39. The molecule has 142 valence electrons. The lowest BCUT2D eigenvalue weighted by molar-refractivity contribution is -0.119. The van der Waals surface area contributed by atoms with Crippen molar-refractivity contribution in [2.24, 2.45) is 0 Å². The Morgan fingerprint density at radius 1 is 1.15 bits per heavy atom. The minimum Gasteiger partial charge on any atom is -0.497 e. The summed E-state index contributed by atoms with van der Waals surface area (Å²) in [4.78, 5) is 26.6. The van der Waals surface area contributed by atoms with Crippen LogP contribution in [-0.4, -0.2) is 36.5 Å². The van der Waals surface area contributed by atoms with Crippen molar-refractivity contribution in [3.63, 3.8) is 0 Å². The molecule has 3 rings (SSSR count). The average Bonchev–Trinajstić information content (AvgIpc) is 3.15. The Hall–Kier alpha value is -2.80. The van der Waals surface area contributed by atoms with Crippen LogP contribution in [-0.2, 0) is 4.79 Å². The number of nitrogens with one attached hydrogen (secondary N) is 2. The molecule has 6 nitrogen and oxygen atoms in total. The highest BCUT2D eigenvalue weighted by atomic mass is 35.5. The number of ether oxygens (including phenoxy) is 1. The standard InChI is InChI=1S/C19H19ClFN3O3/c1-27-14-7-4-12(5-8-14)23-19(26)24-10-2-3-17(24)18(25)22-13-6-9-16(21)15(20)11-13/h4-9,11,17H,2-3,10H2,1H3,(H,22,25)(H,23,26)/t17-/m1/s1. The molecule has 1 atom stereocenters. The first-order chi connectivity index (χ1) is 13.0. The Morgan fingerprint density at radius 3 is 2.52 bits per heavy atom. The maximum Gasteiger partial charge on any atom is 0.322 e. The number of hydrogen-bond donors (Lipinski definition) is 2. The van der Waals surface area contributed by atoms with Crippen molar-refractivity contribution >= 4 is 34.9 Å². The summed E-state index contributed by atoms with van der Waals surface area (Å²) in [7, 11) is 1.56. The molecule has 0 unspecified atom stereocenters. The number of carbonyl (C=O) groups excluding carboxylic acids is 2. The van der Waals surface area contributed by atoms with E-state index >= 15 is 0 Å². The maximum absolute atomic E-state index is 13.2. The van der Waals surface area contributed by atoms with Gasteiger partial charge in [-0.15, -0.1) is 0 Å². The first kappa shape index (κ1) is 19.0. The van der Waals surface area contributed by atoms with Gasteiger partial charge in [0.15, 0.2) is 0 Å². The van der Waals surface area contributed by atoms with E-state index in [2.05, 4.69) is 10.6 Å². The smallest absolute Gasteiger partial charge is 0.322 e. The predicted octanol–water partition coefficient (Wildman–Crippen LogP) is 4.12. The Bertz CT molecular complexity index is 845. The predicted molar refractivity (Wildman–Crippen MR) is 102 cm³/mol. The molecule has 0 spiro atoms. The van der Waals surface area contributed by atoms with Crippen LogP contribution < -0.4 is 15.4 Å². The van der Waals surface area contributed by atoms with Gasteiger partial charge in [-0.2, -0.15) is 0 Å². The van der Waals surface area contributed by atoms with Gasteiger partial charge in [0.2, 0.25) is 5.91 Å². The molecule has 3 amide bonds. The van der Waals surface area contributed by atoms with Crippen molar-refractivity contribution in [2.45, 2.75) is 18.9 Å². The van der Waals surface area contributed by atoms with Gasteiger partial charge in [-0.05, 0) is 55.3 Å². The topological polar surface area (TPSA) is 70.7 Å². The maximum atomic E-state index is 13.2. The summed E-state index contributed by atoms with van der Waals surface area (Å²) < 4.78 is 18.3. The van der Waals surface area contributed by atoms with Gasteiger partial charge in [0.25, 0.3) is 0 Å². The number of halogens is 2. The molecule has 8 heteroatoms. The molecule has 2 aromatic rings. The molecule has 27 heavy (non-hydrogen) atoms. The molecular formula is C19H19ClFN3O3. The third-order valence-electron chi connectivity index (χ3n) is 4.34. The van der Waals surface area contributed by atoms with Crippen molar-refractivity contribution in [1.82, 2.24) is 4.90 Å². The average molecular weight is 392 g/mol. The highest BCUT2D eigenvalue weighted by molar-refractivity contribution is 6.31. The molecule has 0 radical (unpaired) electrons. The summed E-state index contributed by atoms with van der Waals surface area (Å²) in [5.41, 5.74) is 0.992. The zero-order chi connectivity index (χ0) is 19.4. The van der Waals surface area contributed by atoms with Crippen molar-refractivity contribution in [2.75, 3.05) is 24.3 Å². The molecule has 1 fully saturated rings. The SMILES string of the molecule is COc1ccc(NC(=O)N2CCC[C@@H]2C(=O)Nc2ccc(F)c(Cl)c2)cc1. The van der Waals surface area contributed by atoms with Gasteiger partial charge >= 0.3 is 6.03 Å². The lowest BCUT2D eigenvalue weighted by atomic mass is 10.2. The summed E-state index contributed by atoms with van der Waals surface area (Å²) in [6.07, 6.45) is 1.27. The monoisotopic (exact) mass is 391 g/mol. The summed E-state index contributed by atoms with van der Waals surface area (Å²) in [6.45, 7) is 0.476. The molecule has 1 saturated heterocycles. The summed E-state index contributed by atoms with van der Waals surface area (Å²) in [6, 6.07) is 9.92. The van der Waals surface area contributed by atoms with Crippen molar-refractivity contribution < 1.29 is 18.7 Å². The first-order valence-corrected chi connectivity index (χ1v) is 8.83. The minimum absolute atomic E-state index is 0.0756. The first-order valence-electron chi connectivity index (χ1n) is 8.45. The van der Waals surface area contributed by atoms with E-state index in [0.717, 1.165) is 6.42 Å². The van der Waals surface area contributed by atoms with E-state index in [-0.39, 0.29) is 17.0 Å². The van der Waals surface area contributed by atoms with Crippen LogP contribution in [0.15, 0.2) is 42.5 Å². The van der Waals surface area contributed by atoms with Gasteiger partial charge < -0.3 is 20.3 Å². The molecule has 1 aliphatic rings. The Labute approximate surface area is 161 Å². The van der Waals surface area contributed by atoms with E-state index in [0.29, 0.717) is 30.1 Å². The quantitative estimate of drug-likeness (QED) is 0.823. The third kappa shape index (κ3) is 4.49. The van der Waals surface area contributed by atoms with E-state index in [9.17, 15) is 14.0 Å². The largest absolute Gasteiger partial charge is 0.497 e. The third-order valence-corrected chi connectivity index (χ3v) is 4.63. The van der Waals surface area contributed by atoms with E-state index in [4.69, 9.17) is 16.3 Å². The van der Waals surface area contributed by atoms with Crippen LogP contribution in [0.2, 0.25) is 5.02 Å².